The Bertz CT molecular complexity index is 1210. The molecule has 9 heteroatoms. The Hall–Kier alpha value is -2.78. The summed E-state index contributed by atoms with van der Waals surface area (Å²) in [7, 11) is 0. The molecule has 0 bridgehead atoms. The Labute approximate surface area is 186 Å². The van der Waals surface area contributed by atoms with Crippen LogP contribution in [0.5, 0.6) is 0 Å². The van der Waals surface area contributed by atoms with Crippen LogP contribution in [0.3, 0.4) is 0 Å². The van der Waals surface area contributed by atoms with Crippen molar-refractivity contribution in [3.63, 3.8) is 0 Å². The minimum atomic E-state index is -0.638. The SMILES string of the molecule is CC(C)(C(=O)Nc1cnc2[nH]c(-c3n[nH]c4c3C[C@@H]3C[C@]3(C)C4)nc2c1)N1CCOCC1. The van der Waals surface area contributed by atoms with Crippen LogP contribution in [0.15, 0.2) is 12.3 Å². The van der Waals surface area contributed by atoms with Crippen LogP contribution < -0.4 is 5.32 Å². The number of fused-ring (bicyclic) bond motifs is 3. The zero-order valence-electron chi connectivity index (χ0n) is 18.8. The van der Waals surface area contributed by atoms with Crippen molar-refractivity contribution in [3.8, 4) is 11.5 Å². The van der Waals surface area contributed by atoms with Gasteiger partial charge in [0.1, 0.15) is 11.2 Å². The Morgan fingerprint density at radius 1 is 1.34 bits per heavy atom. The van der Waals surface area contributed by atoms with E-state index in [2.05, 4.69) is 37.3 Å². The standard InChI is InChI=1S/C23H29N7O2/c1-22(2,30-4-6-32-7-5-30)21(31)25-14-9-16-19(24-12-14)27-20(26-16)18-15-8-13-10-23(13,3)11-17(15)28-29-18/h9,12-13H,4-8,10-11H2,1-3H3,(H,25,31)(H,28,29)(H,24,26,27)/t13-,23-/m1/s1. The van der Waals surface area contributed by atoms with Gasteiger partial charge < -0.3 is 15.0 Å². The smallest absolute Gasteiger partial charge is 0.244 e. The lowest BCUT2D eigenvalue weighted by Crippen LogP contribution is -2.56. The molecule has 0 unspecified atom stereocenters. The van der Waals surface area contributed by atoms with Gasteiger partial charge in [-0.15, -0.1) is 0 Å². The van der Waals surface area contributed by atoms with Gasteiger partial charge in [0.25, 0.3) is 0 Å². The molecule has 3 aromatic rings. The second-order valence-corrected chi connectivity index (χ2v) is 10.3. The average molecular weight is 436 g/mol. The summed E-state index contributed by atoms with van der Waals surface area (Å²) in [5.74, 6) is 1.42. The Kier molecular flexibility index (Phi) is 4.26. The fourth-order valence-electron chi connectivity index (χ4n) is 5.28. The van der Waals surface area contributed by atoms with Crippen molar-refractivity contribution >= 4 is 22.8 Å². The normalized spacial score (nSPS) is 25.4. The summed E-state index contributed by atoms with van der Waals surface area (Å²) in [6.45, 7) is 9.04. The van der Waals surface area contributed by atoms with Crippen molar-refractivity contribution in [2.24, 2.45) is 11.3 Å². The third kappa shape index (κ3) is 3.14. The molecule has 1 aliphatic heterocycles. The van der Waals surface area contributed by atoms with Crippen LogP contribution in [0.25, 0.3) is 22.7 Å². The quantitative estimate of drug-likeness (QED) is 0.581. The lowest BCUT2D eigenvalue weighted by molar-refractivity contribution is -0.129. The van der Waals surface area contributed by atoms with Crippen molar-refractivity contribution in [2.45, 2.75) is 45.6 Å². The van der Waals surface area contributed by atoms with E-state index in [1.807, 2.05) is 19.9 Å². The van der Waals surface area contributed by atoms with Crippen molar-refractivity contribution in [2.75, 3.05) is 31.6 Å². The van der Waals surface area contributed by atoms with E-state index in [1.165, 1.54) is 17.7 Å². The molecule has 3 aromatic heterocycles. The third-order valence-corrected chi connectivity index (χ3v) is 7.70. The van der Waals surface area contributed by atoms with Crippen LogP contribution in [0.2, 0.25) is 0 Å². The summed E-state index contributed by atoms with van der Waals surface area (Å²) < 4.78 is 5.42. The number of anilines is 1. The topological polar surface area (TPSA) is 112 Å². The van der Waals surface area contributed by atoms with E-state index < -0.39 is 5.54 Å². The number of H-pyrrole nitrogens is 2. The monoisotopic (exact) mass is 435 g/mol. The number of hydrogen-bond donors (Lipinski definition) is 3. The second-order valence-electron chi connectivity index (χ2n) is 10.3. The first-order valence-corrected chi connectivity index (χ1v) is 11.4. The van der Waals surface area contributed by atoms with E-state index >= 15 is 0 Å². The number of carbonyl (C=O) groups excluding carboxylic acids is 1. The number of nitrogens with one attached hydrogen (secondary N) is 3. The van der Waals surface area contributed by atoms with Gasteiger partial charge in [-0.2, -0.15) is 5.10 Å². The van der Waals surface area contributed by atoms with E-state index in [4.69, 9.17) is 9.72 Å². The number of amides is 1. The lowest BCUT2D eigenvalue weighted by Gasteiger charge is -2.39. The summed E-state index contributed by atoms with van der Waals surface area (Å²) >= 11 is 0. The summed E-state index contributed by atoms with van der Waals surface area (Å²) in [5, 5.41) is 10.8. The van der Waals surface area contributed by atoms with Crippen LogP contribution in [-0.2, 0) is 22.4 Å². The number of carbonyl (C=O) groups is 1. The zero-order valence-corrected chi connectivity index (χ0v) is 18.8. The van der Waals surface area contributed by atoms with Crippen molar-refractivity contribution in [3.05, 3.63) is 23.5 Å². The predicted molar refractivity (Wildman–Crippen MR) is 120 cm³/mol. The van der Waals surface area contributed by atoms with Gasteiger partial charge in [0, 0.05) is 24.3 Å². The average Bonchev–Trinajstić information content (AvgIpc) is 3.08. The molecule has 0 radical (unpaired) electrons. The summed E-state index contributed by atoms with van der Waals surface area (Å²) in [6, 6.07) is 1.87. The van der Waals surface area contributed by atoms with Gasteiger partial charge in [0.05, 0.1) is 30.6 Å². The van der Waals surface area contributed by atoms with E-state index in [-0.39, 0.29) is 5.91 Å². The molecule has 9 nitrogen and oxygen atoms in total. The summed E-state index contributed by atoms with van der Waals surface area (Å²) in [5.41, 5.74) is 5.27. The van der Waals surface area contributed by atoms with Gasteiger partial charge in [-0.1, -0.05) is 6.92 Å². The second kappa shape index (κ2) is 6.86. The van der Waals surface area contributed by atoms with Gasteiger partial charge in [-0.25, -0.2) is 9.97 Å². The molecule has 1 saturated carbocycles. The summed E-state index contributed by atoms with van der Waals surface area (Å²) in [6.07, 6.45) is 5.08. The van der Waals surface area contributed by atoms with Gasteiger partial charge in [0.15, 0.2) is 11.5 Å². The largest absolute Gasteiger partial charge is 0.379 e. The number of nitrogens with zero attached hydrogens (tertiary/aromatic N) is 4. The molecule has 0 aromatic carbocycles. The Morgan fingerprint density at radius 3 is 2.97 bits per heavy atom. The first kappa shape index (κ1) is 19.9. The molecule has 0 spiro atoms. The number of morpholine rings is 1. The van der Waals surface area contributed by atoms with E-state index in [0.717, 1.165) is 43.4 Å². The molecule has 2 fully saturated rings. The van der Waals surface area contributed by atoms with Crippen LogP contribution in [0.4, 0.5) is 5.69 Å². The van der Waals surface area contributed by atoms with Crippen LogP contribution in [0, 0.1) is 11.3 Å². The fourth-order valence-corrected chi connectivity index (χ4v) is 5.28. The maximum absolute atomic E-state index is 13.0. The first-order chi connectivity index (χ1) is 15.3. The van der Waals surface area contributed by atoms with Crippen molar-refractivity contribution < 1.29 is 9.53 Å². The van der Waals surface area contributed by atoms with Crippen molar-refractivity contribution in [1.29, 1.82) is 0 Å². The molecule has 3 aliphatic rings. The molecule has 1 saturated heterocycles. The molecule has 3 N–H and O–H groups in total. The highest BCUT2D eigenvalue weighted by atomic mass is 16.5. The summed E-state index contributed by atoms with van der Waals surface area (Å²) in [4.78, 5) is 27.7. The number of aromatic nitrogens is 5. The van der Waals surface area contributed by atoms with Crippen molar-refractivity contribution in [1.82, 2.24) is 30.0 Å². The van der Waals surface area contributed by atoms with E-state index in [1.54, 1.807) is 6.20 Å². The molecule has 4 heterocycles. The van der Waals surface area contributed by atoms with E-state index in [9.17, 15) is 4.79 Å². The highest BCUT2D eigenvalue weighted by Gasteiger charge is 2.53. The van der Waals surface area contributed by atoms with Crippen LogP contribution >= 0.6 is 0 Å². The molecule has 2 atom stereocenters. The zero-order chi connectivity index (χ0) is 22.1. The molecular formula is C23H29N7O2. The minimum Gasteiger partial charge on any atom is -0.379 e. The number of aromatic amines is 2. The number of pyridine rings is 1. The van der Waals surface area contributed by atoms with Crippen LogP contribution in [0.1, 0.15) is 38.4 Å². The first-order valence-electron chi connectivity index (χ1n) is 11.4. The Morgan fingerprint density at radius 2 is 2.16 bits per heavy atom. The van der Waals surface area contributed by atoms with Crippen LogP contribution in [-0.4, -0.2) is 67.8 Å². The molecule has 1 amide bonds. The van der Waals surface area contributed by atoms with Gasteiger partial charge >= 0.3 is 0 Å². The molecule has 2 aliphatic carbocycles. The van der Waals surface area contributed by atoms with Gasteiger partial charge in [-0.05, 0) is 50.5 Å². The number of rotatable bonds is 4. The minimum absolute atomic E-state index is 0.0647. The lowest BCUT2D eigenvalue weighted by atomic mass is 9.88. The molecular weight excluding hydrogens is 406 g/mol. The van der Waals surface area contributed by atoms with Gasteiger partial charge in [-0.3, -0.25) is 14.8 Å². The number of hydrogen-bond acceptors (Lipinski definition) is 6. The molecule has 32 heavy (non-hydrogen) atoms. The van der Waals surface area contributed by atoms with Gasteiger partial charge in [0.2, 0.25) is 5.91 Å². The fraction of sp³-hybridized carbons (Fsp3) is 0.565. The maximum atomic E-state index is 13.0. The molecule has 6 rings (SSSR count). The number of ether oxygens (including phenoxy) is 1. The Balaban J connectivity index is 1.24. The number of imidazole rings is 1. The van der Waals surface area contributed by atoms with E-state index in [0.29, 0.717) is 35.5 Å². The predicted octanol–water partition coefficient (Wildman–Crippen LogP) is 2.52. The third-order valence-electron chi connectivity index (χ3n) is 7.70. The maximum Gasteiger partial charge on any atom is 0.244 e. The highest BCUT2D eigenvalue weighted by Crippen LogP contribution is 2.59. The highest BCUT2D eigenvalue weighted by molar-refractivity contribution is 5.98. The molecule has 168 valence electrons.